The van der Waals surface area contributed by atoms with Crippen molar-refractivity contribution in [2.45, 2.75) is 48.3 Å². The first-order valence-electron chi connectivity index (χ1n) is 6.50. The zero-order chi connectivity index (χ0) is 11.7. The molecule has 1 nitrogen and oxygen atoms in total. The zero-order valence-corrected chi connectivity index (χ0v) is 10.7. The molecule has 2 aliphatic rings. The Morgan fingerprint density at radius 1 is 1.29 bits per heavy atom. The van der Waals surface area contributed by atoms with E-state index in [2.05, 4.69) is 11.4 Å². The molecule has 0 radical (unpaired) electrons. The van der Waals surface area contributed by atoms with Crippen LogP contribution < -0.4 is 5.32 Å². The van der Waals surface area contributed by atoms with Crippen LogP contribution >= 0.6 is 11.8 Å². The minimum absolute atomic E-state index is 0.0302. The third-order valence-electron chi connectivity index (χ3n) is 3.46. The van der Waals surface area contributed by atoms with Gasteiger partial charge in [0.15, 0.2) is 0 Å². The number of hydrogen-bond donors (Lipinski definition) is 1. The molecular weight excluding hydrogens is 233 g/mol. The van der Waals surface area contributed by atoms with E-state index in [1.807, 2.05) is 6.07 Å². The quantitative estimate of drug-likeness (QED) is 0.880. The average molecular weight is 251 g/mol. The standard InChI is InChI=1S/C14H18FNS/c15-13-9-10(8-11-2-1-7-16-11)3-6-14(13)17-12-4-5-12/h3,6,9,11-12,16H,1-2,4-5,7-8H2. The maximum Gasteiger partial charge on any atom is 0.137 e. The van der Waals surface area contributed by atoms with Gasteiger partial charge in [0, 0.05) is 16.2 Å². The summed E-state index contributed by atoms with van der Waals surface area (Å²) in [5.74, 6) is -0.0302. The maximum absolute atomic E-state index is 13.9. The van der Waals surface area contributed by atoms with E-state index < -0.39 is 0 Å². The van der Waals surface area contributed by atoms with Crippen LogP contribution in [0.1, 0.15) is 31.2 Å². The van der Waals surface area contributed by atoms with E-state index in [1.54, 1.807) is 17.8 Å². The second-order valence-corrected chi connectivity index (χ2v) is 6.42. The monoisotopic (exact) mass is 251 g/mol. The molecule has 0 spiro atoms. The summed E-state index contributed by atoms with van der Waals surface area (Å²) in [6, 6.07) is 6.33. The number of nitrogens with one attached hydrogen (secondary N) is 1. The van der Waals surface area contributed by atoms with Crippen molar-refractivity contribution in [3.63, 3.8) is 0 Å². The SMILES string of the molecule is Fc1cc(CC2CCCN2)ccc1SC1CC1. The van der Waals surface area contributed by atoms with Crippen molar-refractivity contribution < 1.29 is 4.39 Å². The lowest BCUT2D eigenvalue weighted by atomic mass is 10.0. The molecule has 3 rings (SSSR count). The maximum atomic E-state index is 13.9. The zero-order valence-electron chi connectivity index (χ0n) is 9.92. The Labute approximate surface area is 106 Å². The number of benzene rings is 1. The van der Waals surface area contributed by atoms with E-state index in [4.69, 9.17) is 0 Å². The van der Waals surface area contributed by atoms with Gasteiger partial charge in [-0.15, -0.1) is 11.8 Å². The van der Waals surface area contributed by atoms with Crippen molar-refractivity contribution in [2.75, 3.05) is 6.54 Å². The van der Waals surface area contributed by atoms with Gasteiger partial charge in [-0.3, -0.25) is 0 Å². The van der Waals surface area contributed by atoms with Crippen LogP contribution in [0.15, 0.2) is 23.1 Å². The largest absolute Gasteiger partial charge is 0.314 e. The molecule has 0 bridgehead atoms. The Balaban J connectivity index is 1.66. The molecule has 92 valence electrons. The lowest BCUT2D eigenvalue weighted by Gasteiger charge is -2.11. The van der Waals surface area contributed by atoms with Crippen LogP contribution in [0, 0.1) is 5.82 Å². The van der Waals surface area contributed by atoms with Crippen LogP contribution in [0.2, 0.25) is 0 Å². The Morgan fingerprint density at radius 2 is 2.18 bits per heavy atom. The van der Waals surface area contributed by atoms with Crippen LogP contribution in [0.3, 0.4) is 0 Å². The molecule has 1 aliphatic heterocycles. The normalized spacial score (nSPS) is 24.2. The van der Waals surface area contributed by atoms with Gasteiger partial charge in [-0.1, -0.05) is 6.07 Å². The molecule has 1 saturated carbocycles. The summed E-state index contributed by atoms with van der Waals surface area (Å²) in [5, 5.41) is 4.13. The van der Waals surface area contributed by atoms with Crippen LogP contribution in [-0.4, -0.2) is 17.8 Å². The highest BCUT2D eigenvalue weighted by Crippen LogP contribution is 2.40. The van der Waals surface area contributed by atoms with Gasteiger partial charge >= 0.3 is 0 Å². The fourth-order valence-electron chi connectivity index (χ4n) is 2.35. The number of hydrogen-bond acceptors (Lipinski definition) is 2. The molecule has 0 aromatic heterocycles. The molecule has 1 N–H and O–H groups in total. The highest BCUT2D eigenvalue weighted by atomic mass is 32.2. The Kier molecular flexibility index (Phi) is 3.39. The molecule has 1 atom stereocenters. The molecule has 1 aliphatic carbocycles. The van der Waals surface area contributed by atoms with Gasteiger partial charge in [0.1, 0.15) is 5.82 Å². The van der Waals surface area contributed by atoms with Gasteiger partial charge in [0.25, 0.3) is 0 Å². The topological polar surface area (TPSA) is 12.0 Å². The summed E-state index contributed by atoms with van der Waals surface area (Å²) in [5.41, 5.74) is 1.13. The van der Waals surface area contributed by atoms with Gasteiger partial charge < -0.3 is 5.32 Å². The van der Waals surface area contributed by atoms with Crippen LogP contribution in [0.5, 0.6) is 0 Å². The fourth-order valence-corrected chi connectivity index (χ4v) is 3.40. The van der Waals surface area contributed by atoms with Gasteiger partial charge in [-0.25, -0.2) is 4.39 Å². The summed E-state index contributed by atoms with van der Waals surface area (Å²) in [6.07, 6.45) is 5.93. The Morgan fingerprint density at radius 3 is 2.82 bits per heavy atom. The highest BCUT2D eigenvalue weighted by molar-refractivity contribution is 8.00. The van der Waals surface area contributed by atoms with Crippen LogP contribution in [-0.2, 0) is 6.42 Å². The lowest BCUT2D eigenvalue weighted by molar-refractivity contribution is 0.582. The van der Waals surface area contributed by atoms with E-state index in [9.17, 15) is 4.39 Å². The Bertz CT molecular complexity index is 397. The first kappa shape index (κ1) is 11.5. The summed E-state index contributed by atoms with van der Waals surface area (Å²) in [7, 11) is 0. The third kappa shape index (κ3) is 3.02. The second kappa shape index (κ2) is 4.99. The highest BCUT2D eigenvalue weighted by Gasteiger charge is 2.24. The van der Waals surface area contributed by atoms with E-state index in [0.717, 1.165) is 23.4 Å². The minimum atomic E-state index is -0.0302. The molecule has 1 heterocycles. The first-order chi connectivity index (χ1) is 8.31. The number of halogens is 1. The van der Waals surface area contributed by atoms with Crippen molar-refractivity contribution in [2.24, 2.45) is 0 Å². The molecule has 1 aromatic carbocycles. The van der Waals surface area contributed by atoms with Crippen molar-refractivity contribution in [3.8, 4) is 0 Å². The van der Waals surface area contributed by atoms with Crippen molar-refractivity contribution >= 4 is 11.8 Å². The summed E-state index contributed by atoms with van der Waals surface area (Å²) < 4.78 is 13.9. The van der Waals surface area contributed by atoms with Gasteiger partial charge in [-0.2, -0.15) is 0 Å². The number of thioether (sulfide) groups is 1. The van der Waals surface area contributed by atoms with Crippen molar-refractivity contribution in [3.05, 3.63) is 29.6 Å². The van der Waals surface area contributed by atoms with Crippen molar-refractivity contribution in [1.82, 2.24) is 5.32 Å². The van der Waals surface area contributed by atoms with Gasteiger partial charge in [0.05, 0.1) is 0 Å². The fraction of sp³-hybridized carbons (Fsp3) is 0.571. The molecule has 17 heavy (non-hydrogen) atoms. The summed E-state index contributed by atoms with van der Waals surface area (Å²) >= 11 is 1.70. The molecular formula is C14H18FNS. The van der Waals surface area contributed by atoms with E-state index in [1.165, 1.54) is 25.7 Å². The van der Waals surface area contributed by atoms with E-state index >= 15 is 0 Å². The molecule has 3 heteroatoms. The molecule has 2 fully saturated rings. The van der Waals surface area contributed by atoms with E-state index in [0.29, 0.717) is 11.3 Å². The van der Waals surface area contributed by atoms with Crippen LogP contribution in [0.4, 0.5) is 4.39 Å². The predicted octanol–water partition coefficient (Wildman–Crippen LogP) is 3.37. The molecule has 1 unspecified atom stereocenters. The van der Waals surface area contributed by atoms with Crippen molar-refractivity contribution in [1.29, 1.82) is 0 Å². The van der Waals surface area contributed by atoms with Gasteiger partial charge in [0.2, 0.25) is 0 Å². The first-order valence-corrected chi connectivity index (χ1v) is 7.38. The Hall–Kier alpha value is -0.540. The molecule has 0 amide bonds. The third-order valence-corrected chi connectivity index (χ3v) is 4.85. The van der Waals surface area contributed by atoms with Gasteiger partial charge in [-0.05, 0) is 56.3 Å². The smallest absolute Gasteiger partial charge is 0.137 e. The predicted molar refractivity (Wildman–Crippen MR) is 70.0 cm³/mol. The minimum Gasteiger partial charge on any atom is -0.314 e. The lowest BCUT2D eigenvalue weighted by Crippen LogP contribution is -2.23. The number of rotatable bonds is 4. The van der Waals surface area contributed by atoms with E-state index in [-0.39, 0.29) is 5.82 Å². The summed E-state index contributed by atoms with van der Waals surface area (Å²) in [6.45, 7) is 1.11. The summed E-state index contributed by atoms with van der Waals surface area (Å²) in [4.78, 5) is 0.829. The van der Waals surface area contributed by atoms with Crippen LogP contribution in [0.25, 0.3) is 0 Å². The second-order valence-electron chi connectivity index (χ2n) is 5.08. The average Bonchev–Trinajstić information content (AvgIpc) is 2.98. The molecule has 1 aromatic rings. The molecule has 1 saturated heterocycles.